The van der Waals surface area contributed by atoms with Gasteiger partial charge in [-0.1, -0.05) is 32.9 Å². The van der Waals surface area contributed by atoms with Gasteiger partial charge < -0.3 is 20.4 Å². The second kappa shape index (κ2) is 14.0. The third-order valence-electron chi connectivity index (χ3n) is 2.06. The Morgan fingerprint density at radius 2 is 1.62 bits per heavy atom. The van der Waals surface area contributed by atoms with Crippen LogP contribution >= 0.6 is 0 Å². The number of benzene rings is 1. The summed E-state index contributed by atoms with van der Waals surface area (Å²) in [6.07, 6.45) is -0.707. The van der Waals surface area contributed by atoms with E-state index in [0.29, 0.717) is 11.3 Å². The number of carbonyl (C=O) groups excluding carboxylic acids is 1. The first-order valence-electron chi connectivity index (χ1n) is 7.90. The normalized spacial score (nSPS) is 9.88. The van der Waals surface area contributed by atoms with Crippen molar-refractivity contribution in [3.05, 3.63) is 29.8 Å². The molecule has 0 heterocycles. The first-order valence-corrected chi connectivity index (χ1v) is 7.90. The molecule has 1 aromatic carbocycles. The molecule has 0 saturated carbocycles. The average molecular weight is 340 g/mol. The Kier molecular flexibility index (Phi) is 13.9. The number of aliphatic carboxylic acids is 1. The number of amidine groups is 1. The van der Waals surface area contributed by atoms with Crippen LogP contribution in [-0.4, -0.2) is 29.0 Å². The molecule has 0 aliphatic heterocycles. The van der Waals surface area contributed by atoms with Crippen molar-refractivity contribution in [2.45, 2.75) is 54.1 Å². The molecule has 0 fully saturated rings. The second-order valence-electron chi connectivity index (χ2n) is 4.20. The lowest BCUT2D eigenvalue weighted by molar-refractivity contribution is -0.151. The predicted molar refractivity (Wildman–Crippen MR) is 94.0 cm³/mol. The van der Waals surface area contributed by atoms with Crippen LogP contribution in [0.3, 0.4) is 0 Å². The fourth-order valence-electron chi connectivity index (χ4n) is 1.28. The summed E-state index contributed by atoms with van der Waals surface area (Å²) in [5, 5.41) is 11.8. The lowest BCUT2D eigenvalue weighted by Gasteiger charge is -2.09. The summed E-state index contributed by atoms with van der Waals surface area (Å²) in [4.78, 5) is 25.6. The van der Waals surface area contributed by atoms with E-state index >= 15 is 0 Å². The Balaban J connectivity index is 0. The van der Waals surface area contributed by atoms with E-state index in [1.54, 1.807) is 24.3 Å². The number of carboxylic acids is 1. The third-order valence-corrected chi connectivity index (χ3v) is 2.06. The van der Waals surface area contributed by atoms with Crippen LogP contribution in [0.4, 0.5) is 0 Å². The minimum atomic E-state index is -1.29. The van der Waals surface area contributed by atoms with E-state index < -0.39 is 18.4 Å². The maximum absolute atomic E-state index is 11.0. The highest BCUT2D eigenvalue weighted by molar-refractivity contribution is 5.98. The quantitative estimate of drug-likeness (QED) is 0.270. The molecule has 0 aliphatic carbocycles. The van der Waals surface area contributed by atoms with Gasteiger partial charge in [0.25, 0.3) is 0 Å². The number of hydrogen-bond acceptors (Lipinski definition) is 5. The SMILES string of the molecule is CC.CC.CC(C)Oc1ccc(/C(N)=N/OC(=O)CC(=O)O)cc1. The predicted octanol–water partition coefficient (Wildman–Crippen LogP) is 3.16. The number of hydrogen-bond donors (Lipinski definition) is 2. The van der Waals surface area contributed by atoms with E-state index in [4.69, 9.17) is 15.6 Å². The van der Waals surface area contributed by atoms with E-state index in [2.05, 4.69) is 9.99 Å². The number of oxime groups is 1. The van der Waals surface area contributed by atoms with E-state index in [-0.39, 0.29) is 11.9 Å². The maximum atomic E-state index is 11.0. The molecular weight excluding hydrogens is 312 g/mol. The van der Waals surface area contributed by atoms with Crippen LogP contribution in [0.5, 0.6) is 5.75 Å². The van der Waals surface area contributed by atoms with Gasteiger partial charge in [-0.25, -0.2) is 4.79 Å². The summed E-state index contributed by atoms with van der Waals surface area (Å²) < 4.78 is 5.46. The molecule has 0 atom stereocenters. The Morgan fingerprint density at radius 1 is 1.12 bits per heavy atom. The lowest BCUT2D eigenvalue weighted by Crippen LogP contribution is -2.16. The fourth-order valence-corrected chi connectivity index (χ4v) is 1.28. The summed E-state index contributed by atoms with van der Waals surface area (Å²) in [7, 11) is 0. The molecule has 7 nitrogen and oxygen atoms in total. The molecule has 7 heteroatoms. The van der Waals surface area contributed by atoms with Crippen LogP contribution in [0.1, 0.15) is 53.5 Å². The molecular formula is C17H28N2O5. The lowest BCUT2D eigenvalue weighted by atomic mass is 10.2. The molecule has 0 radical (unpaired) electrons. The van der Waals surface area contributed by atoms with Crippen LogP contribution < -0.4 is 10.5 Å². The number of nitrogens with two attached hydrogens (primary N) is 1. The zero-order valence-electron chi connectivity index (χ0n) is 15.2. The number of nitrogens with zero attached hydrogens (tertiary/aromatic N) is 1. The van der Waals surface area contributed by atoms with Crippen molar-refractivity contribution in [1.82, 2.24) is 0 Å². The smallest absolute Gasteiger partial charge is 0.346 e. The van der Waals surface area contributed by atoms with Gasteiger partial charge in [0.1, 0.15) is 12.2 Å². The molecule has 0 unspecified atom stereocenters. The van der Waals surface area contributed by atoms with Crippen LogP contribution in [0, 0.1) is 0 Å². The number of rotatable bonds is 6. The van der Waals surface area contributed by atoms with Gasteiger partial charge in [-0.05, 0) is 38.1 Å². The highest BCUT2D eigenvalue weighted by atomic mass is 16.7. The number of carbonyl (C=O) groups is 2. The van der Waals surface area contributed by atoms with Crippen LogP contribution in [0.15, 0.2) is 29.4 Å². The monoisotopic (exact) mass is 340 g/mol. The minimum Gasteiger partial charge on any atom is -0.491 e. The average Bonchev–Trinajstić information content (AvgIpc) is 2.56. The van der Waals surface area contributed by atoms with Crippen molar-refractivity contribution in [1.29, 1.82) is 0 Å². The number of carboxylic acid groups (broad SMARTS) is 1. The summed E-state index contributed by atoms with van der Waals surface area (Å²) in [5.74, 6) is -1.63. The van der Waals surface area contributed by atoms with Crippen molar-refractivity contribution in [3.63, 3.8) is 0 Å². The topological polar surface area (TPSA) is 111 Å². The van der Waals surface area contributed by atoms with Crippen LogP contribution in [0.2, 0.25) is 0 Å². The molecule has 1 aromatic rings. The molecule has 0 amide bonds. The van der Waals surface area contributed by atoms with Crippen LogP contribution in [-0.2, 0) is 14.4 Å². The second-order valence-corrected chi connectivity index (χ2v) is 4.20. The zero-order chi connectivity index (χ0) is 19.1. The highest BCUT2D eigenvalue weighted by Gasteiger charge is 2.09. The first-order chi connectivity index (χ1) is 11.4. The van der Waals surface area contributed by atoms with E-state index in [9.17, 15) is 9.59 Å². The maximum Gasteiger partial charge on any atom is 0.346 e. The van der Waals surface area contributed by atoms with Crippen molar-refractivity contribution in [2.24, 2.45) is 10.9 Å². The summed E-state index contributed by atoms with van der Waals surface area (Å²) in [6.45, 7) is 11.8. The summed E-state index contributed by atoms with van der Waals surface area (Å²) >= 11 is 0. The van der Waals surface area contributed by atoms with Gasteiger partial charge in [-0.3, -0.25) is 4.79 Å². The molecule has 0 saturated heterocycles. The van der Waals surface area contributed by atoms with Crippen molar-refractivity contribution < 1.29 is 24.3 Å². The van der Waals surface area contributed by atoms with E-state index in [1.807, 2.05) is 41.5 Å². The fraction of sp³-hybridized carbons (Fsp3) is 0.471. The molecule has 0 spiro atoms. The van der Waals surface area contributed by atoms with Crippen molar-refractivity contribution >= 4 is 17.8 Å². The molecule has 1 rings (SSSR count). The largest absolute Gasteiger partial charge is 0.491 e. The first kappa shape index (κ1) is 23.7. The molecule has 0 aromatic heterocycles. The molecule has 0 bridgehead atoms. The Labute approximate surface area is 143 Å². The van der Waals surface area contributed by atoms with Gasteiger partial charge in [0, 0.05) is 5.56 Å². The van der Waals surface area contributed by atoms with E-state index in [0.717, 1.165) is 0 Å². The molecule has 0 aliphatic rings. The van der Waals surface area contributed by atoms with Gasteiger partial charge in [0.15, 0.2) is 5.84 Å². The molecule has 24 heavy (non-hydrogen) atoms. The highest BCUT2D eigenvalue weighted by Crippen LogP contribution is 2.13. The number of ether oxygens (including phenoxy) is 1. The minimum absolute atomic E-state index is 0.0279. The Bertz CT molecular complexity index is 510. The molecule has 136 valence electrons. The van der Waals surface area contributed by atoms with Crippen molar-refractivity contribution in [3.8, 4) is 5.75 Å². The van der Waals surface area contributed by atoms with Crippen molar-refractivity contribution in [2.75, 3.05) is 0 Å². The van der Waals surface area contributed by atoms with Gasteiger partial charge in [-0.15, -0.1) is 0 Å². The Morgan fingerprint density at radius 3 is 2.04 bits per heavy atom. The third kappa shape index (κ3) is 11.1. The van der Waals surface area contributed by atoms with Gasteiger partial charge >= 0.3 is 11.9 Å². The Hall–Kier alpha value is -2.57. The molecule has 3 N–H and O–H groups in total. The zero-order valence-corrected chi connectivity index (χ0v) is 15.2. The summed E-state index contributed by atoms with van der Waals surface area (Å²) in [6, 6.07) is 6.72. The summed E-state index contributed by atoms with van der Waals surface area (Å²) in [5.41, 5.74) is 6.14. The van der Waals surface area contributed by atoms with Gasteiger partial charge in [0.05, 0.1) is 6.10 Å². The standard InChI is InChI=1S/C13H16N2O5.2C2H6/c1-8(2)19-10-5-3-9(4-6-10)13(14)15-20-12(18)7-11(16)17;2*1-2/h3-6,8H,7H2,1-2H3,(H2,14,15)(H,16,17);2*1-2H3. The van der Waals surface area contributed by atoms with Gasteiger partial charge in [-0.2, -0.15) is 0 Å². The van der Waals surface area contributed by atoms with Crippen LogP contribution in [0.25, 0.3) is 0 Å². The van der Waals surface area contributed by atoms with Gasteiger partial charge in [0.2, 0.25) is 0 Å². The van der Waals surface area contributed by atoms with E-state index in [1.165, 1.54) is 0 Å².